The fraction of sp³-hybridized carbons (Fsp3) is 0.630. The van der Waals surface area contributed by atoms with E-state index in [4.69, 9.17) is 0 Å². The van der Waals surface area contributed by atoms with Gasteiger partial charge in [-0.2, -0.15) is 0 Å². The van der Waals surface area contributed by atoms with Crippen molar-refractivity contribution < 1.29 is 16.8 Å². The van der Waals surface area contributed by atoms with Crippen molar-refractivity contribution in [2.45, 2.75) is 77.4 Å². The van der Waals surface area contributed by atoms with Crippen LogP contribution in [0.3, 0.4) is 0 Å². The van der Waals surface area contributed by atoms with E-state index in [1.807, 2.05) is 25.3 Å². The molecule has 0 amide bonds. The first-order valence-corrected chi connectivity index (χ1v) is 16.7. The number of aromatic amines is 1. The Hall–Kier alpha value is -2.04. The van der Waals surface area contributed by atoms with Crippen LogP contribution in [0.25, 0.3) is 16.6 Å². The summed E-state index contributed by atoms with van der Waals surface area (Å²) < 4.78 is 52.2. The number of allylic oxidation sites excluding steroid dienone is 4. The van der Waals surface area contributed by atoms with Crippen LogP contribution in [0, 0.1) is 11.3 Å². The predicted octanol–water partition coefficient (Wildman–Crippen LogP) is 5.08. The minimum atomic E-state index is -3.45. The second kappa shape index (κ2) is 11.0. The fourth-order valence-corrected chi connectivity index (χ4v) is 8.22. The van der Waals surface area contributed by atoms with E-state index < -0.39 is 25.1 Å². The first kappa shape index (κ1) is 28.0. The van der Waals surface area contributed by atoms with Crippen LogP contribution in [0.1, 0.15) is 77.8 Å². The van der Waals surface area contributed by atoms with Gasteiger partial charge in [-0.15, -0.1) is 0 Å². The second-order valence-electron chi connectivity index (χ2n) is 10.9. The third-order valence-corrected chi connectivity index (χ3v) is 12.1. The number of sulfonamides is 1. The van der Waals surface area contributed by atoms with Crippen LogP contribution < -0.4 is 0 Å². The van der Waals surface area contributed by atoms with Crippen molar-refractivity contribution >= 4 is 36.5 Å². The minimum Gasteiger partial charge on any atom is -0.346 e. The standard InChI is InChI=1S/C27H40N4O4S2/c1-5-6-7-23(25-24-11-16-28-26(24)30-19-29-25)10-13-27(14-15-27)21(3)37(34,35)20(2)8-9-22-12-17-31(18-22)36(4,32)33/h8,10-11,16,19,21-22H,5-7,9,12-15,17-18H2,1-4H3,(H,28,29,30). The molecule has 1 aliphatic heterocycles. The molecule has 1 saturated heterocycles. The Balaban J connectivity index is 1.48. The summed E-state index contributed by atoms with van der Waals surface area (Å²) in [6.07, 6.45) is 15.6. The van der Waals surface area contributed by atoms with Crippen LogP contribution in [0.15, 0.2) is 35.6 Å². The van der Waals surface area contributed by atoms with Crippen molar-refractivity contribution in [3.63, 3.8) is 0 Å². The third kappa shape index (κ3) is 6.17. The molecule has 2 aliphatic rings. The zero-order valence-corrected chi connectivity index (χ0v) is 24.0. The fourth-order valence-electron chi connectivity index (χ4n) is 5.42. The summed E-state index contributed by atoms with van der Waals surface area (Å²) in [7, 11) is -6.65. The molecule has 8 nitrogen and oxygen atoms in total. The SMILES string of the molecule is CCCCC(=CCC1(C(C)S(=O)(=O)C(C)=CCC2CCN(S(C)(=O)=O)C2)CC1)c1ncnc2[nH]ccc12. The van der Waals surface area contributed by atoms with Crippen molar-refractivity contribution in [2.75, 3.05) is 19.3 Å². The number of nitrogens with zero attached hydrogens (tertiary/aromatic N) is 3. The highest BCUT2D eigenvalue weighted by molar-refractivity contribution is 7.95. The zero-order valence-electron chi connectivity index (χ0n) is 22.4. The molecule has 0 radical (unpaired) electrons. The molecule has 2 aromatic rings. The van der Waals surface area contributed by atoms with Crippen LogP contribution in [0.5, 0.6) is 0 Å². The largest absolute Gasteiger partial charge is 0.346 e. The maximum Gasteiger partial charge on any atom is 0.211 e. The summed E-state index contributed by atoms with van der Waals surface area (Å²) in [5.74, 6) is 0.159. The van der Waals surface area contributed by atoms with Crippen molar-refractivity contribution in [1.29, 1.82) is 0 Å². The van der Waals surface area contributed by atoms with Crippen LogP contribution >= 0.6 is 0 Å². The van der Waals surface area contributed by atoms with E-state index in [-0.39, 0.29) is 11.3 Å². The molecule has 0 bridgehead atoms. The number of hydrogen-bond donors (Lipinski definition) is 1. The molecular formula is C27H40N4O4S2. The molecule has 2 fully saturated rings. The van der Waals surface area contributed by atoms with E-state index in [1.165, 1.54) is 10.6 Å². The summed E-state index contributed by atoms with van der Waals surface area (Å²) in [6, 6.07) is 2.00. The van der Waals surface area contributed by atoms with Gasteiger partial charge in [0.25, 0.3) is 0 Å². The highest BCUT2D eigenvalue weighted by Crippen LogP contribution is 2.55. The van der Waals surface area contributed by atoms with Gasteiger partial charge in [-0.25, -0.2) is 31.1 Å². The highest BCUT2D eigenvalue weighted by atomic mass is 32.2. The van der Waals surface area contributed by atoms with Crippen molar-refractivity contribution in [2.24, 2.45) is 11.3 Å². The summed E-state index contributed by atoms with van der Waals surface area (Å²) in [6.45, 7) is 6.69. The maximum absolute atomic E-state index is 13.6. The molecule has 2 atom stereocenters. The number of sulfone groups is 1. The Labute approximate surface area is 221 Å². The predicted molar refractivity (Wildman–Crippen MR) is 149 cm³/mol. The number of H-pyrrole nitrogens is 1. The van der Waals surface area contributed by atoms with E-state index in [2.05, 4.69) is 28.0 Å². The molecule has 2 unspecified atom stereocenters. The summed E-state index contributed by atoms with van der Waals surface area (Å²) in [5.41, 5.74) is 2.65. The Kier molecular flexibility index (Phi) is 8.30. The second-order valence-corrected chi connectivity index (χ2v) is 15.3. The first-order chi connectivity index (χ1) is 17.5. The third-order valence-electron chi connectivity index (χ3n) is 8.34. The number of unbranched alkanes of at least 4 members (excludes halogenated alkanes) is 1. The quantitative estimate of drug-likeness (QED) is 0.396. The van der Waals surface area contributed by atoms with Crippen molar-refractivity contribution in [3.05, 3.63) is 41.3 Å². The number of hydrogen-bond acceptors (Lipinski definition) is 6. The van der Waals surface area contributed by atoms with Gasteiger partial charge in [-0.3, -0.25) is 0 Å². The van der Waals surface area contributed by atoms with Crippen molar-refractivity contribution in [3.8, 4) is 0 Å². The molecule has 10 heteroatoms. The van der Waals surface area contributed by atoms with Crippen LogP contribution in [-0.4, -0.2) is 60.7 Å². The van der Waals surface area contributed by atoms with Gasteiger partial charge in [0.15, 0.2) is 9.84 Å². The van der Waals surface area contributed by atoms with E-state index in [0.717, 1.165) is 60.8 Å². The van der Waals surface area contributed by atoms with Crippen LogP contribution in [0.2, 0.25) is 0 Å². The van der Waals surface area contributed by atoms with E-state index >= 15 is 0 Å². The Morgan fingerprint density at radius 3 is 2.65 bits per heavy atom. The topological polar surface area (TPSA) is 113 Å². The number of nitrogens with one attached hydrogen (secondary N) is 1. The number of aromatic nitrogens is 3. The summed E-state index contributed by atoms with van der Waals surface area (Å²) >= 11 is 0. The lowest BCUT2D eigenvalue weighted by Gasteiger charge is -2.23. The lowest BCUT2D eigenvalue weighted by molar-refractivity contribution is 0.462. The summed E-state index contributed by atoms with van der Waals surface area (Å²) in [4.78, 5) is 12.5. The Morgan fingerprint density at radius 1 is 1.24 bits per heavy atom. The molecule has 3 heterocycles. The lowest BCUT2D eigenvalue weighted by atomic mass is 9.94. The van der Waals surface area contributed by atoms with Gasteiger partial charge in [0.05, 0.1) is 17.2 Å². The van der Waals surface area contributed by atoms with Crippen LogP contribution in [0.4, 0.5) is 0 Å². The van der Waals surface area contributed by atoms with E-state index in [9.17, 15) is 16.8 Å². The molecule has 204 valence electrons. The van der Waals surface area contributed by atoms with Gasteiger partial charge in [0.2, 0.25) is 10.0 Å². The first-order valence-electron chi connectivity index (χ1n) is 13.3. The zero-order chi connectivity index (χ0) is 26.8. The molecule has 4 rings (SSSR count). The number of fused-ring (bicyclic) bond motifs is 1. The average Bonchev–Trinajstić information content (AvgIpc) is 3.24. The molecule has 37 heavy (non-hydrogen) atoms. The van der Waals surface area contributed by atoms with Gasteiger partial charge in [0, 0.05) is 29.6 Å². The highest BCUT2D eigenvalue weighted by Gasteiger charge is 2.51. The van der Waals surface area contributed by atoms with E-state index in [1.54, 1.807) is 13.3 Å². The van der Waals surface area contributed by atoms with E-state index in [0.29, 0.717) is 30.8 Å². The average molecular weight is 549 g/mol. The van der Waals surface area contributed by atoms with Crippen molar-refractivity contribution in [1.82, 2.24) is 19.3 Å². The molecule has 1 saturated carbocycles. The molecule has 0 spiro atoms. The molecule has 1 N–H and O–H groups in total. The lowest BCUT2D eigenvalue weighted by Crippen LogP contribution is -2.29. The Bertz CT molecular complexity index is 1390. The van der Waals surface area contributed by atoms with Crippen LogP contribution in [-0.2, 0) is 19.9 Å². The molecule has 0 aromatic carbocycles. The normalized spacial score (nSPS) is 22.0. The summed E-state index contributed by atoms with van der Waals surface area (Å²) in [5, 5.41) is 0.518. The molecular weight excluding hydrogens is 508 g/mol. The van der Waals surface area contributed by atoms with Gasteiger partial charge in [-0.1, -0.05) is 25.5 Å². The maximum atomic E-state index is 13.6. The smallest absolute Gasteiger partial charge is 0.211 e. The van der Waals surface area contributed by atoms with Gasteiger partial charge in [-0.05, 0) is 81.8 Å². The van der Waals surface area contributed by atoms with Gasteiger partial charge >= 0.3 is 0 Å². The van der Waals surface area contributed by atoms with Gasteiger partial charge in [0.1, 0.15) is 12.0 Å². The number of rotatable bonds is 12. The molecule has 1 aliphatic carbocycles. The Morgan fingerprint density at radius 2 is 2.00 bits per heavy atom. The van der Waals surface area contributed by atoms with Gasteiger partial charge < -0.3 is 4.98 Å². The molecule has 2 aromatic heterocycles. The minimum absolute atomic E-state index is 0.159. The monoisotopic (exact) mass is 548 g/mol.